The molecule has 1 heterocycles. The highest BCUT2D eigenvalue weighted by Crippen LogP contribution is 2.27. The molecule has 0 aromatic heterocycles. The van der Waals surface area contributed by atoms with Gasteiger partial charge in [-0.3, -0.25) is 14.5 Å². The summed E-state index contributed by atoms with van der Waals surface area (Å²) >= 11 is 6.07. The maximum atomic E-state index is 12.5. The Hall–Kier alpha value is -2.77. The Balaban J connectivity index is 1.33. The van der Waals surface area contributed by atoms with Crippen molar-refractivity contribution in [2.75, 3.05) is 51.8 Å². The molecule has 0 radical (unpaired) electrons. The van der Waals surface area contributed by atoms with Crippen LogP contribution in [0.4, 0.5) is 5.69 Å². The van der Waals surface area contributed by atoms with E-state index in [2.05, 4.69) is 10.2 Å². The second-order valence-electron chi connectivity index (χ2n) is 7.28. The number of benzene rings is 2. The fourth-order valence-electron chi connectivity index (χ4n) is 3.38. The van der Waals surface area contributed by atoms with Gasteiger partial charge in [0.1, 0.15) is 18.1 Å². The fourth-order valence-corrected chi connectivity index (χ4v) is 3.63. The highest BCUT2D eigenvalue weighted by Gasteiger charge is 2.21. The molecule has 0 aliphatic carbocycles. The number of methoxy groups -OCH3 is 1. The summed E-state index contributed by atoms with van der Waals surface area (Å²) in [6.45, 7) is 4.39. The van der Waals surface area contributed by atoms with Gasteiger partial charge < -0.3 is 19.7 Å². The Morgan fingerprint density at radius 2 is 1.77 bits per heavy atom. The summed E-state index contributed by atoms with van der Waals surface area (Å²) in [4.78, 5) is 28.7. The summed E-state index contributed by atoms with van der Waals surface area (Å²) in [6, 6.07) is 14.8. The molecule has 0 unspecified atom stereocenters. The third-order valence-electron chi connectivity index (χ3n) is 5.15. The van der Waals surface area contributed by atoms with E-state index in [1.54, 1.807) is 18.2 Å². The maximum absolute atomic E-state index is 12.5. The molecule has 1 aliphatic heterocycles. The monoisotopic (exact) mass is 445 g/mol. The summed E-state index contributed by atoms with van der Waals surface area (Å²) in [6.07, 6.45) is 0.320. The molecule has 2 aromatic carbocycles. The number of carbonyl (C=O) groups is 2. The van der Waals surface area contributed by atoms with E-state index in [0.29, 0.717) is 36.2 Å². The van der Waals surface area contributed by atoms with Crippen LogP contribution < -0.4 is 14.8 Å². The quantitative estimate of drug-likeness (QED) is 0.641. The first-order valence-corrected chi connectivity index (χ1v) is 10.7. The predicted octanol–water partition coefficient (Wildman–Crippen LogP) is 3.29. The number of carbonyl (C=O) groups excluding carboxylic acids is 2. The van der Waals surface area contributed by atoms with Crippen LogP contribution in [0.5, 0.6) is 11.5 Å². The van der Waals surface area contributed by atoms with E-state index in [-0.39, 0.29) is 24.7 Å². The van der Waals surface area contributed by atoms with Crippen molar-refractivity contribution in [2.45, 2.75) is 12.8 Å². The van der Waals surface area contributed by atoms with Gasteiger partial charge in [-0.05, 0) is 30.3 Å². The second-order valence-corrected chi connectivity index (χ2v) is 7.69. The largest absolute Gasteiger partial charge is 0.495 e. The van der Waals surface area contributed by atoms with Crippen molar-refractivity contribution in [3.63, 3.8) is 0 Å². The van der Waals surface area contributed by atoms with Crippen LogP contribution in [-0.4, -0.2) is 68.1 Å². The lowest BCUT2D eigenvalue weighted by Gasteiger charge is -2.34. The van der Waals surface area contributed by atoms with Crippen LogP contribution in [-0.2, 0) is 9.59 Å². The maximum Gasteiger partial charge on any atom is 0.224 e. The topological polar surface area (TPSA) is 71.1 Å². The molecule has 31 heavy (non-hydrogen) atoms. The number of anilines is 1. The first kappa shape index (κ1) is 22.9. The van der Waals surface area contributed by atoms with Gasteiger partial charge in [-0.2, -0.15) is 0 Å². The number of hydrogen-bond acceptors (Lipinski definition) is 5. The molecule has 1 N–H and O–H groups in total. The minimum Gasteiger partial charge on any atom is -0.495 e. The molecule has 0 spiro atoms. The van der Waals surface area contributed by atoms with Crippen LogP contribution in [0.2, 0.25) is 5.02 Å². The van der Waals surface area contributed by atoms with E-state index in [4.69, 9.17) is 21.1 Å². The molecule has 0 bridgehead atoms. The standard InChI is InChI=1S/C23H28ClN3O4/c1-30-21-8-7-18(17-20(21)24)25-22(28)9-10-23(29)27-13-11-26(12-14-27)15-16-31-19-5-3-2-4-6-19/h2-8,17H,9-16H2,1H3,(H,25,28). The van der Waals surface area contributed by atoms with Crippen LogP contribution >= 0.6 is 11.6 Å². The van der Waals surface area contributed by atoms with Crippen LogP contribution in [0.25, 0.3) is 0 Å². The Morgan fingerprint density at radius 3 is 2.45 bits per heavy atom. The van der Waals surface area contributed by atoms with Crippen LogP contribution in [0.1, 0.15) is 12.8 Å². The van der Waals surface area contributed by atoms with Gasteiger partial charge >= 0.3 is 0 Å². The smallest absolute Gasteiger partial charge is 0.224 e. The van der Waals surface area contributed by atoms with E-state index in [1.165, 1.54) is 7.11 Å². The number of piperazine rings is 1. The van der Waals surface area contributed by atoms with Gasteiger partial charge in [-0.15, -0.1) is 0 Å². The summed E-state index contributed by atoms with van der Waals surface area (Å²) in [5.41, 5.74) is 0.578. The summed E-state index contributed by atoms with van der Waals surface area (Å²) in [5.74, 6) is 1.20. The van der Waals surface area contributed by atoms with Crippen molar-refractivity contribution in [3.05, 3.63) is 53.6 Å². The van der Waals surface area contributed by atoms with Crippen molar-refractivity contribution >= 4 is 29.1 Å². The SMILES string of the molecule is COc1ccc(NC(=O)CCC(=O)N2CCN(CCOc3ccccc3)CC2)cc1Cl. The number of para-hydroxylation sites is 1. The number of hydrogen-bond donors (Lipinski definition) is 1. The highest BCUT2D eigenvalue weighted by atomic mass is 35.5. The molecule has 3 rings (SSSR count). The molecule has 8 heteroatoms. The van der Waals surface area contributed by atoms with Crippen LogP contribution in [0.3, 0.4) is 0 Å². The van der Waals surface area contributed by atoms with E-state index < -0.39 is 0 Å². The van der Waals surface area contributed by atoms with Crippen LogP contribution in [0, 0.1) is 0 Å². The fraction of sp³-hybridized carbons (Fsp3) is 0.391. The lowest BCUT2D eigenvalue weighted by atomic mass is 10.2. The zero-order chi connectivity index (χ0) is 22.1. The van der Waals surface area contributed by atoms with E-state index in [0.717, 1.165) is 25.4 Å². The normalized spacial score (nSPS) is 14.2. The average molecular weight is 446 g/mol. The molecule has 1 fully saturated rings. The molecule has 166 valence electrons. The summed E-state index contributed by atoms with van der Waals surface area (Å²) in [7, 11) is 1.53. The molecule has 1 aliphatic rings. The van der Waals surface area contributed by atoms with E-state index in [1.807, 2.05) is 35.2 Å². The van der Waals surface area contributed by atoms with Gasteiger partial charge in [0.05, 0.1) is 12.1 Å². The highest BCUT2D eigenvalue weighted by molar-refractivity contribution is 6.32. The zero-order valence-corrected chi connectivity index (χ0v) is 18.4. The van der Waals surface area contributed by atoms with Gasteiger partial charge in [-0.25, -0.2) is 0 Å². The Labute approximate surface area is 187 Å². The zero-order valence-electron chi connectivity index (χ0n) is 17.7. The minimum atomic E-state index is -0.216. The number of rotatable bonds is 9. The number of nitrogens with one attached hydrogen (secondary N) is 1. The summed E-state index contributed by atoms with van der Waals surface area (Å²) < 4.78 is 10.8. The van der Waals surface area contributed by atoms with Gasteiger partial charge in [0.2, 0.25) is 11.8 Å². The number of amides is 2. The molecule has 7 nitrogen and oxygen atoms in total. The van der Waals surface area contributed by atoms with Gasteiger partial charge in [0.15, 0.2) is 0 Å². The van der Waals surface area contributed by atoms with Crippen molar-refractivity contribution in [1.29, 1.82) is 0 Å². The molecule has 2 amide bonds. The van der Waals surface area contributed by atoms with Gasteiger partial charge in [0, 0.05) is 51.3 Å². The van der Waals surface area contributed by atoms with Crippen LogP contribution in [0.15, 0.2) is 48.5 Å². The van der Waals surface area contributed by atoms with Crippen molar-refractivity contribution in [2.24, 2.45) is 0 Å². The van der Waals surface area contributed by atoms with Crippen molar-refractivity contribution < 1.29 is 19.1 Å². The molecule has 2 aromatic rings. The predicted molar refractivity (Wildman–Crippen MR) is 121 cm³/mol. The first-order chi connectivity index (χ1) is 15.0. The molecule has 0 atom stereocenters. The molecular weight excluding hydrogens is 418 g/mol. The third kappa shape index (κ3) is 7.15. The number of halogens is 1. The Kier molecular flexibility index (Phi) is 8.55. The lowest BCUT2D eigenvalue weighted by molar-refractivity contribution is -0.134. The lowest BCUT2D eigenvalue weighted by Crippen LogP contribution is -2.49. The second kappa shape index (κ2) is 11.6. The summed E-state index contributed by atoms with van der Waals surface area (Å²) in [5, 5.41) is 3.18. The molecule has 1 saturated heterocycles. The van der Waals surface area contributed by atoms with Gasteiger partial charge in [-0.1, -0.05) is 29.8 Å². The first-order valence-electron chi connectivity index (χ1n) is 10.4. The molecular formula is C23H28ClN3O4. The minimum absolute atomic E-state index is 0.00287. The van der Waals surface area contributed by atoms with E-state index in [9.17, 15) is 9.59 Å². The van der Waals surface area contributed by atoms with Crippen molar-refractivity contribution in [1.82, 2.24) is 9.80 Å². The van der Waals surface area contributed by atoms with E-state index >= 15 is 0 Å². The Bertz CT molecular complexity index is 870. The third-order valence-corrected chi connectivity index (χ3v) is 5.44. The Morgan fingerprint density at radius 1 is 1.03 bits per heavy atom. The molecule has 0 saturated carbocycles. The number of ether oxygens (including phenoxy) is 2. The van der Waals surface area contributed by atoms with Gasteiger partial charge in [0.25, 0.3) is 0 Å². The van der Waals surface area contributed by atoms with Crippen molar-refractivity contribution in [3.8, 4) is 11.5 Å². The average Bonchev–Trinajstić information content (AvgIpc) is 2.79. The number of nitrogens with zero attached hydrogens (tertiary/aromatic N) is 2.